The predicted octanol–water partition coefficient (Wildman–Crippen LogP) is -0.129. The van der Waals surface area contributed by atoms with Gasteiger partial charge in [0, 0.05) is 44.3 Å². The average Bonchev–Trinajstić information content (AvgIpc) is 2.73. The molecule has 0 aliphatic carbocycles. The van der Waals surface area contributed by atoms with E-state index in [0.717, 1.165) is 18.3 Å². The number of halogens is 1. The van der Waals surface area contributed by atoms with E-state index in [-0.39, 0.29) is 28.9 Å². The monoisotopic (exact) mass is 449 g/mol. The average molecular weight is 450 g/mol. The van der Waals surface area contributed by atoms with Crippen molar-refractivity contribution in [3.63, 3.8) is 0 Å². The maximum atomic E-state index is 13.1. The smallest absolute Gasteiger partial charge is 0.333 e. The van der Waals surface area contributed by atoms with Gasteiger partial charge in [0.1, 0.15) is 5.75 Å². The van der Waals surface area contributed by atoms with Gasteiger partial charge in [0.05, 0.1) is 11.5 Å². The lowest BCUT2D eigenvalue weighted by molar-refractivity contribution is -0.281. The fourth-order valence-electron chi connectivity index (χ4n) is 3.72. The van der Waals surface area contributed by atoms with Crippen LogP contribution in [0.5, 0.6) is 17.5 Å². The van der Waals surface area contributed by atoms with E-state index in [9.17, 15) is 24.3 Å². The Bertz CT molecular complexity index is 1450. The Labute approximate surface area is 179 Å². The minimum absolute atomic E-state index is 0. The van der Waals surface area contributed by atoms with Gasteiger partial charge in [-0.25, -0.2) is 9.59 Å². The van der Waals surface area contributed by atoms with Crippen molar-refractivity contribution < 1.29 is 9.84 Å². The van der Waals surface area contributed by atoms with Crippen molar-refractivity contribution in [1.82, 2.24) is 24.4 Å². The summed E-state index contributed by atoms with van der Waals surface area (Å²) in [4.78, 5) is 50.7. The minimum Gasteiger partial charge on any atom is -0.860 e. The molecular weight excluding hydrogens is 430 g/mol. The summed E-state index contributed by atoms with van der Waals surface area (Å²) >= 11 is 6.14. The summed E-state index contributed by atoms with van der Waals surface area (Å²) in [5.41, 5.74) is -3.07. The topological polar surface area (TPSA) is 157 Å². The number of ether oxygens (including phenoxy) is 1. The standard InChI is InChI=1S/C19H17ClN4O6.H3N/c1-21-14(25)12(15(26)22(2)18(21)28)11-9-7-8(20)5-6-10(9)30-17-13(11)16(27)23(3)19(29)24(17)4;/h5-7,11,25H,1-4H3;1H3. The van der Waals surface area contributed by atoms with Gasteiger partial charge in [-0.2, -0.15) is 0 Å². The molecule has 0 bridgehead atoms. The third kappa shape index (κ3) is 2.93. The molecule has 4 rings (SSSR count). The number of quaternary nitrogens is 1. The second-order valence-electron chi connectivity index (χ2n) is 7.07. The van der Waals surface area contributed by atoms with Crippen molar-refractivity contribution in [1.29, 1.82) is 0 Å². The highest BCUT2D eigenvalue weighted by Crippen LogP contribution is 2.46. The lowest BCUT2D eigenvalue weighted by atomic mass is 9.84. The molecule has 3 aromatic rings. The van der Waals surface area contributed by atoms with Gasteiger partial charge in [-0.15, -0.1) is 0 Å². The number of fused-ring (bicyclic) bond motifs is 2. The van der Waals surface area contributed by atoms with E-state index in [1.807, 2.05) is 0 Å². The number of aromatic nitrogens is 4. The molecule has 12 heteroatoms. The number of hydrogen-bond donors (Lipinski definition) is 1. The Hall–Kier alpha value is -3.57. The zero-order chi connectivity index (χ0) is 22.1. The Balaban J connectivity index is 0.00000272. The van der Waals surface area contributed by atoms with Gasteiger partial charge in [0.15, 0.2) is 0 Å². The van der Waals surface area contributed by atoms with Crippen LogP contribution < -0.4 is 38.5 Å². The van der Waals surface area contributed by atoms with Gasteiger partial charge in [-0.05, 0) is 24.1 Å². The first-order valence-electron chi connectivity index (χ1n) is 8.80. The molecule has 1 atom stereocenters. The Kier molecular flexibility index (Phi) is 5.20. The number of nitrogens with zero attached hydrogens (tertiary/aromatic N) is 4. The zero-order valence-corrected chi connectivity index (χ0v) is 18.2. The molecule has 11 nitrogen and oxygen atoms in total. The first kappa shape index (κ1) is 22.1. The summed E-state index contributed by atoms with van der Waals surface area (Å²) < 4.78 is 9.38. The molecule has 1 unspecified atom stereocenters. The van der Waals surface area contributed by atoms with Crippen molar-refractivity contribution in [2.75, 3.05) is 0 Å². The molecule has 0 fully saturated rings. The number of hydrogen-bond acceptors (Lipinski definition) is 6. The fraction of sp³-hybridized carbons (Fsp3) is 0.263. The molecule has 4 N–H and O–H groups in total. The fourth-order valence-corrected chi connectivity index (χ4v) is 3.90. The van der Waals surface area contributed by atoms with E-state index < -0.39 is 34.3 Å². The molecule has 0 saturated heterocycles. The van der Waals surface area contributed by atoms with Gasteiger partial charge in [0.25, 0.3) is 11.1 Å². The van der Waals surface area contributed by atoms with Gasteiger partial charge in [-0.1, -0.05) is 11.6 Å². The van der Waals surface area contributed by atoms with Crippen molar-refractivity contribution in [3.8, 4) is 17.5 Å². The second kappa shape index (κ2) is 7.29. The van der Waals surface area contributed by atoms with Crippen LogP contribution >= 0.6 is 11.6 Å². The molecule has 1 aliphatic rings. The molecule has 2 aromatic heterocycles. The number of rotatable bonds is 1. The van der Waals surface area contributed by atoms with E-state index in [1.54, 1.807) is 6.07 Å². The van der Waals surface area contributed by atoms with E-state index in [2.05, 4.69) is 0 Å². The molecule has 1 aromatic carbocycles. The predicted molar refractivity (Wildman–Crippen MR) is 112 cm³/mol. The maximum Gasteiger partial charge on any atom is 0.333 e. The Morgan fingerprint density at radius 2 is 1.42 bits per heavy atom. The summed E-state index contributed by atoms with van der Waals surface area (Å²) in [6.45, 7) is 0. The summed E-state index contributed by atoms with van der Waals surface area (Å²) in [7, 11) is 5.18. The van der Waals surface area contributed by atoms with Crippen LogP contribution in [0.1, 0.15) is 22.6 Å². The van der Waals surface area contributed by atoms with Crippen LogP contribution in [0, 0.1) is 0 Å². The lowest BCUT2D eigenvalue weighted by Crippen LogP contribution is -2.44. The van der Waals surface area contributed by atoms with Crippen molar-refractivity contribution in [2.45, 2.75) is 5.92 Å². The minimum atomic E-state index is -1.19. The molecule has 164 valence electrons. The molecule has 0 amide bonds. The maximum absolute atomic E-state index is 13.1. The van der Waals surface area contributed by atoms with Crippen LogP contribution in [0.25, 0.3) is 0 Å². The van der Waals surface area contributed by atoms with Gasteiger partial charge in [-0.3, -0.25) is 23.3 Å². The molecule has 0 radical (unpaired) electrons. The summed E-state index contributed by atoms with van der Waals surface area (Å²) in [6.07, 6.45) is 0. The third-order valence-corrected chi connectivity index (χ3v) is 5.59. The molecule has 1 aliphatic heterocycles. The van der Waals surface area contributed by atoms with Crippen LogP contribution in [0.2, 0.25) is 5.02 Å². The number of benzene rings is 1. The van der Waals surface area contributed by atoms with Crippen LogP contribution in [-0.2, 0) is 28.2 Å². The zero-order valence-electron chi connectivity index (χ0n) is 17.4. The highest BCUT2D eigenvalue weighted by atomic mass is 35.5. The molecule has 0 spiro atoms. The van der Waals surface area contributed by atoms with Crippen LogP contribution in [-0.4, -0.2) is 18.3 Å². The van der Waals surface area contributed by atoms with Gasteiger partial charge < -0.3 is 20.6 Å². The lowest BCUT2D eigenvalue weighted by Gasteiger charge is -2.31. The van der Waals surface area contributed by atoms with Crippen LogP contribution in [0.3, 0.4) is 0 Å². The largest absolute Gasteiger partial charge is 0.860 e. The first-order chi connectivity index (χ1) is 14.1. The van der Waals surface area contributed by atoms with E-state index >= 15 is 0 Å². The van der Waals surface area contributed by atoms with Gasteiger partial charge in [0.2, 0.25) is 5.88 Å². The summed E-state index contributed by atoms with van der Waals surface area (Å²) in [6, 6.07) is 4.55. The third-order valence-electron chi connectivity index (χ3n) is 5.35. The molecule has 31 heavy (non-hydrogen) atoms. The first-order valence-corrected chi connectivity index (χ1v) is 9.18. The normalized spacial score (nSPS) is 14.3. The Morgan fingerprint density at radius 1 is 0.871 bits per heavy atom. The highest BCUT2D eigenvalue weighted by molar-refractivity contribution is 6.30. The van der Waals surface area contributed by atoms with Crippen molar-refractivity contribution in [3.05, 3.63) is 81.6 Å². The second-order valence-corrected chi connectivity index (χ2v) is 7.50. The van der Waals surface area contributed by atoms with E-state index in [0.29, 0.717) is 10.6 Å². The summed E-state index contributed by atoms with van der Waals surface area (Å²) in [5.74, 6) is -1.89. The van der Waals surface area contributed by atoms with E-state index in [1.165, 1.54) is 40.3 Å². The summed E-state index contributed by atoms with van der Waals surface area (Å²) in [5, 5.41) is 13.3. The molecular formula is C19H20ClN5O6. The quantitative estimate of drug-likeness (QED) is 0.426. The molecule has 0 saturated carbocycles. The highest BCUT2D eigenvalue weighted by Gasteiger charge is 2.37. The SMILES string of the molecule is Cn1c([O-])c(C2c3cc(Cl)ccc3Oc3c2c(=O)n(C)c(=O)n3C)c(=O)n(C)c1=O.[NH4+]. The Morgan fingerprint density at radius 3 is 2.03 bits per heavy atom. The van der Waals surface area contributed by atoms with Crippen molar-refractivity contribution >= 4 is 11.6 Å². The van der Waals surface area contributed by atoms with Crippen molar-refractivity contribution in [2.24, 2.45) is 28.2 Å². The van der Waals surface area contributed by atoms with E-state index in [4.69, 9.17) is 16.3 Å². The van der Waals surface area contributed by atoms with Crippen LogP contribution in [0.15, 0.2) is 37.4 Å². The van der Waals surface area contributed by atoms with Crippen LogP contribution in [0.4, 0.5) is 0 Å². The van der Waals surface area contributed by atoms with Gasteiger partial charge >= 0.3 is 11.4 Å². The molecule has 3 heterocycles.